The molecule has 7 rings (SSSR count). The number of benzene rings is 1. The van der Waals surface area contributed by atoms with Gasteiger partial charge in [0.25, 0.3) is 0 Å². The van der Waals surface area contributed by atoms with Gasteiger partial charge in [0.15, 0.2) is 0 Å². The van der Waals surface area contributed by atoms with Crippen molar-refractivity contribution in [2.75, 3.05) is 11.4 Å². The smallest absolute Gasteiger partial charge is 0.133 e. The van der Waals surface area contributed by atoms with Gasteiger partial charge in [-0.1, -0.05) is 57.5 Å². The summed E-state index contributed by atoms with van der Waals surface area (Å²) in [6.45, 7) is 19.8. The summed E-state index contributed by atoms with van der Waals surface area (Å²) in [5.41, 5.74) is 14.5. The van der Waals surface area contributed by atoms with Crippen LogP contribution >= 0.6 is 0 Å². The molecule has 2 heterocycles. The molecule has 0 spiro atoms. The van der Waals surface area contributed by atoms with E-state index in [2.05, 4.69) is 80.8 Å². The van der Waals surface area contributed by atoms with Gasteiger partial charge in [-0.25, -0.2) is 4.98 Å². The molecule has 45 heavy (non-hydrogen) atoms. The molecule has 2 aromatic heterocycles. The highest BCUT2D eigenvalue weighted by Crippen LogP contribution is 2.58. The number of anilines is 1. The average molecular weight is 608 g/mol. The maximum absolute atomic E-state index is 4.99. The van der Waals surface area contributed by atoms with Crippen LogP contribution in [0.4, 0.5) is 5.82 Å². The normalized spacial score (nSPS) is 23.0. The highest BCUT2D eigenvalue weighted by atomic mass is 15.3. The lowest BCUT2D eigenvalue weighted by Gasteiger charge is -2.55. The van der Waals surface area contributed by atoms with Crippen LogP contribution in [-0.2, 0) is 11.8 Å². The lowest BCUT2D eigenvalue weighted by Crippen LogP contribution is -2.49. The van der Waals surface area contributed by atoms with E-state index in [4.69, 9.17) is 17.3 Å². The van der Waals surface area contributed by atoms with E-state index in [9.17, 15) is 0 Å². The third-order valence-corrected chi connectivity index (χ3v) is 11.1. The quantitative estimate of drug-likeness (QED) is 0.263. The zero-order valence-corrected chi connectivity index (χ0v) is 28.7. The largest absolute Gasteiger partial charge is 0.403 e. The Kier molecular flexibility index (Phi) is 10.3. The van der Waals surface area contributed by atoms with E-state index in [-0.39, 0.29) is 0 Å². The topological polar surface area (TPSA) is 60.0 Å². The fraction of sp³-hybridized carbons (Fsp3) is 0.550. The third-order valence-electron chi connectivity index (χ3n) is 11.1. The molecule has 4 aliphatic rings. The molecule has 5 nitrogen and oxygen atoms in total. The molecule has 0 aliphatic heterocycles. The number of hydrogen-bond acceptors (Lipinski definition) is 4. The molecule has 0 radical (unpaired) electrons. The number of aryl methyl sites for hydroxylation is 2. The first-order valence-electron chi connectivity index (χ1n) is 17.5. The van der Waals surface area contributed by atoms with E-state index in [0.29, 0.717) is 28.5 Å². The maximum Gasteiger partial charge on any atom is 0.133 e. The summed E-state index contributed by atoms with van der Waals surface area (Å²) in [5, 5.41) is 4.61. The lowest BCUT2D eigenvalue weighted by molar-refractivity contribution is 0.0459. The molecule has 0 unspecified atom stereocenters. The number of aromatic nitrogens is 3. The first kappa shape index (κ1) is 33.0. The van der Waals surface area contributed by atoms with Crippen molar-refractivity contribution in [2.45, 2.75) is 123 Å². The zero-order valence-electron chi connectivity index (χ0n) is 28.7. The van der Waals surface area contributed by atoms with Crippen LogP contribution in [0.2, 0.25) is 0 Å². The molecular weight excluding hydrogens is 550 g/mol. The minimum Gasteiger partial charge on any atom is -0.403 e. The van der Waals surface area contributed by atoms with Crippen LogP contribution in [-0.4, -0.2) is 21.3 Å². The van der Waals surface area contributed by atoms with Crippen molar-refractivity contribution in [2.24, 2.45) is 17.1 Å². The number of fused-ring (bicyclic) bond motifs is 3. The number of hydrogen-bond donors (Lipinski definition) is 1. The summed E-state index contributed by atoms with van der Waals surface area (Å²) in [7, 11) is 0. The highest BCUT2D eigenvalue weighted by molar-refractivity contribution is 5.66. The van der Waals surface area contributed by atoms with Gasteiger partial charge < -0.3 is 10.6 Å². The van der Waals surface area contributed by atoms with E-state index in [1.807, 2.05) is 17.1 Å². The Morgan fingerprint density at radius 2 is 1.67 bits per heavy atom. The number of pyridine rings is 1. The van der Waals surface area contributed by atoms with E-state index < -0.39 is 0 Å². The van der Waals surface area contributed by atoms with Gasteiger partial charge in [-0.2, -0.15) is 5.10 Å². The predicted molar refractivity (Wildman–Crippen MR) is 190 cm³/mol. The minimum atomic E-state index is 0.345. The van der Waals surface area contributed by atoms with Crippen molar-refractivity contribution in [3.05, 3.63) is 90.2 Å². The molecule has 0 amide bonds. The fourth-order valence-electron chi connectivity index (χ4n) is 8.19. The Balaban J connectivity index is 0.000000945. The molecule has 2 N–H and O–H groups in total. The number of nitrogens with two attached hydrogens (primary N) is 1. The Morgan fingerprint density at radius 3 is 2.24 bits per heavy atom. The molecule has 3 aromatic rings. The average Bonchev–Trinajstić information content (AvgIpc) is 3.56. The monoisotopic (exact) mass is 607 g/mol. The van der Waals surface area contributed by atoms with Gasteiger partial charge in [0, 0.05) is 36.2 Å². The standard InChI is InChI=1S/C37H50N4.C3H7N/c1-6-30-12-13-34(22-28(30)4)37-18-15-36(16-19-37,17-20-37)26-40(29(5)31-10-8-7-9-11-31)35-23-32(14-21-38-35)33-24-39-41(25-33)27(2)3;1-3(2)4/h12-14,21-25,27,31H,5-11,15-20,26H2,1-4H3;1,4H2,2H3. The van der Waals surface area contributed by atoms with Crippen molar-refractivity contribution in [1.29, 1.82) is 0 Å². The second-order valence-electron chi connectivity index (χ2n) is 14.7. The van der Waals surface area contributed by atoms with Crippen LogP contribution in [0.5, 0.6) is 0 Å². The van der Waals surface area contributed by atoms with Gasteiger partial charge >= 0.3 is 0 Å². The Hall–Kier alpha value is -3.34. The summed E-state index contributed by atoms with van der Waals surface area (Å²) in [4.78, 5) is 7.55. The Bertz CT molecular complexity index is 1440. The van der Waals surface area contributed by atoms with Crippen LogP contribution in [0.15, 0.2) is 73.5 Å². The zero-order chi connectivity index (χ0) is 32.2. The van der Waals surface area contributed by atoms with Gasteiger partial charge in [-0.05, 0) is 142 Å². The van der Waals surface area contributed by atoms with Gasteiger partial charge in [-0.15, -0.1) is 0 Å². The van der Waals surface area contributed by atoms with Crippen molar-refractivity contribution in [3.8, 4) is 11.1 Å². The summed E-state index contributed by atoms with van der Waals surface area (Å²) >= 11 is 0. The van der Waals surface area contributed by atoms with Gasteiger partial charge in [0.2, 0.25) is 0 Å². The SMILES string of the molecule is C=C(C)N.C=C(C1CCCCC1)N(CC12CCC(c3ccc(CC)c(C)c3)(CC1)CC2)c1cc(-c2cnn(C(C)C)c2)ccn1. The summed E-state index contributed by atoms with van der Waals surface area (Å²) in [6.07, 6.45) is 21.6. The second kappa shape index (κ2) is 14.0. The van der Waals surface area contributed by atoms with Crippen molar-refractivity contribution in [3.63, 3.8) is 0 Å². The second-order valence-corrected chi connectivity index (χ2v) is 14.7. The number of nitrogens with zero attached hydrogens (tertiary/aromatic N) is 4. The molecule has 5 heteroatoms. The van der Waals surface area contributed by atoms with Crippen molar-refractivity contribution < 1.29 is 0 Å². The van der Waals surface area contributed by atoms with Crippen molar-refractivity contribution in [1.82, 2.24) is 14.8 Å². The molecule has 4 saturated carbocycles. The van der Waals surface area contributed by atoms with Crippen LogP contribution in [0.3, 0.4) is 0 Å². The van der Waals surface area contributed by atoms with Crippen LogP contribution in [0.25, 0.3) is 11.1 Å². The maximum atomic E-state index is 4.99. The predicted octanol–water partition coefficient (Wildman–Crippen LogP) is 10.1. The summed E-state index contributed by atoms with van der Waals surface area (Å²) < 4.78 is 2.04. The summed E-state index contributed by atoms with van der Waals surface area (Å²) in [5.74, 6) is 1.64. The van der Waals surface area contributed by atoms with Crippen LogP contribution in [0.1, 0.15) is 121 Å². The molecule has 4 aliphatic carbocycles. The van der Waals surface area contributed by atoms with E-state index in [0.717, 1.165) is 24.3 Å². The lowest BCUT2D eigenvalue weighted by atomic mass is 9.51. The number of allylic oxidation sites excluding steroid dienone is 2. The molecular formula is C40H57N5. The minimum absolute atomic E-state index is 0.345. The molecule has 242 valence electrons. The van der Waals surface area contributed by atoms with Gasteiger partial charge in [0.05, 0.1) is 6.20 Å². The highest BCUT2D eigenvalue weighted by Gasteiger charge is 2.50. The third kappa shape index (κ3) is 7.39. The Labute approximate surface area is 273 Å². The van der Waals surface area contributed by atoms with Gasteiger partial charge in [0.1, 0.15) is 5.82 Å². The molecule has 0 saturated heterocycles. The number of rotatable bonds is 9. The molecule has 1 aromatic carbocycles. The molecule has 0 atom stereocenters. The van der Waals surface area contributed by atoms with Crippen LogP contribution in [0, 0.1) is 18.3 Å². The van der Waals surface area contributed by atoms with Gasteiger partial charge in [-0.3, -0.25) is 4.68 Å². The van der Waals surface area contributed by atoms with Crippen molar-refractivity contribution >= 4 is 5.82 Å². The molecule has 2 bridgehead atoms. The Morgan fingerprint density at radius 1 is 1.00 bits per heavy atom. The first-order valence-corrected chi connectivity index (χ1v) is 17.5. The molecule has 4 fully saturated rings. The van der Waals surface area contributed by atoms with E-state index >= 15 is 0 Å². The summed E-state index contributed by atoms with van der Waals surface area (Å²) in [6, 6.07) is 12.1. The van der Waals surface area contributed by atoms with E-state index in [1.165, 1.54) is 93.0 Å². The van der Waals surface area contributed by atoms with Crippen LogP contribution < -0.4 is 10.6 Å². The first-order chi connectivity index (χ1) is 21.5. The van der Waals surface area contributed by atoms with E-state index in [1.54, 1.807) is 12.5 Å². The fourth-order valence-corrected chi connectivity index (χ4v) is 8.19.